The van der Waals surface area contributed by atoms with Crippen LogP contribution in [0.15, 0.2) is 42.5 Å². The molecule has 5 rings (SSSR count). The third-order valence-electron chi connectivity index (χ3n) is 9.91. The van der Waals surface area contributed by atoms with Crippen molar-refractivity contribution in [3.05, 3.63) is 65.2 Å². The van der Waals surface area contributed by atoms with E-state index >= 15 is 4.39 Å². The van der Waals surface area contributed by atoms with Crippen LogP contribution in [0.4, 0.5) is 19.3 Å². The first-order valence-electron chi connectivity index (χ1n) is 16.4. The number of nitrogens with zero attached hydrogens (tertiary/aromatic N) is 1. The molecule has 10 nitrogen and oxygen atoms in total. The summed E-state index contributed by atoms with van der Waals surface area (Å²) in [4.78, 5) is 26.9. The Hall–Kier alpha value is -3.13. The molecule has 2 aromatic rings. The topological polar surface area (TPSA) is 126 Å². The van der Waals surface area contributed by atoms with Crippen molar-refractivity contribution in [2.75, 3.05) is 25.5 Å². The van der Waals surface area contributed by atoms with Crippen LogP contribution >= 0.6 is 0 Å². The molecule has 3 fully saturated rings. The van der Waals surface area contributed by atoms with E-state index in [1.54, 1.807) is 29.4 Å². The van der Waals surface area contributed by atoms with Gasteiger partial charge in [0.15, 0.2) is 0 Å². The second kappa shape index (κ2) is 15.0. The van der Waals surface area contributed by atoms with E-state index in [9.17, 15) is 22.4 Å². The summed E-state index contributed by atoms with van der Waals surface area (Å²) in [5.74, 6) is -2.26. The summed E-state index contributed by atoms with van der Waals surface area (Å²) in [5, 5.41) is 8.53. The molecule has 8 unspecified atom stereocenters. The number of sulfonamides is 1. The maximum Gasteiger partial charge on any atom is 0.407 e. The molecule has 0 radical (unpaired) electrons. The highest BCUT2D eigenvalue weighted by Crippen LogP contribution is 2.39. The van der Waals surface area contributed by atoms with Crippen LogP contribution in [0, 0.1) is 17.6 Å². The van der Waals surface area contributed by atoms with Gasteiger partial charge in [0.2, 0.25) is 15.9 Å². The van der Waals surface area contributed by atoms with Crippen LogP contribution in [0.2, 0.25) is 0 Å². The first kappa shape index (κ1) is 35.2. The number of halogens is 2. The average molecular weight is 677 g/mol. The standard InChI is InChI=1S/C34H46F2N4O6S/c1-20-16-24(17-21(2)46-20)31(23-9-11-25(35)12-10-23)32(39-34(42)45-4)33(41)38-30-7-5-6-29(36)28(30)15-14-27-18-37-26-13-8-22(3)47(43,44)40(27)19-26/h5-7,9-12,20-22,24,26-27,31-32,37H,8,13-19H2,1-4H3,(H,38,41)(H,39,42). The Morgan fingerprint density at radius 3 is 2.45 bits per heavy atom. The minimum atomic E-state index is -3.50. The van der Waals surface area contributed by atoms with Crippen LogP contribution in [0.3, 0.4) is 0 Å². The van der Waals surface area contributed by atoms with Crippen LogP contribution in [-0.2, 0) is 30.7 Å². The number of hydrogen-bond acceptors (Lipinski definition) is 7. The van der Waals surface area contributed by atoms with Gasteiger partial charge in [-0.15, -0.1) is 0 Å². The molecule has 2 aromatic carbocycles. The van der Waals surface area contributed by atoms with Crippen molar-refractivity contribution in [2.45, 2.75) is 101 Å². The second-order valence-corrected chi connectivity index (χ2v) is 15.5. The molecule has 3 aliphatic rings. The third kappa shape index (κ3) is 8.13. The number of ether oxygens (including phenoxy) is 2. The Bertz CT molecular complexity index is 1520. The summed E-state index contributed by atoms with van der Waals surface area (Å²) in [6, 6.07) is 8.81. The Labute approximate surface area is 276 Å². The van der Waals surface area contributed by atoms with E-state index < -0.39 is 50.9 Å². The number of hydrogen-bond donors (Lipinski definition) is 3. The lowest BCUT2D eigenvalue weighted by molar-refractivity contribution is -0.120. The largest absolute Gasteiger partial charge is 0.453 e. The van der Waals surface area contributed by atoms with Gasteiger partial charge in [0.1, 0.15) is 17.7 Å². The molecule has 0 spiro atoms. The summed E-state index contributed by atoms with van der Waals surface area (Å²) in [6.07, 6.45) is 2.03. The summed E-state index contributed by atoms with van der Waals surface area (Å²) in [7, 11) is -2.30. The van der Waals surface area contributed by atoms with Gasteiger partial charge >= 0.3 is 6.09 Å². The first-order chi connectivity index (χ1) is 22.4. The van der Waals surface area contributed by atoms with Crippen LogP contribution in [-0.4, -0.2) is 80.5 Å². The average Bonchev–Trinajstić information content (AvgIpc) is 3.11. The summed E-state index contributed by atoms with van der Waals surface area (Å²) in [5.41, 5.74) is 1.13. The molecule has 0 aliphatic carbocycles. The number of fused-ring (bicyclic) bond motifs is 2. The van der Waals surface area contributed by atoms with Crippen LogP contribution in [0.25, 0.3) is 0 Å². The van der Waals surface area contributed by atoms with E-state index in [1.165, 1.54) is 31.4 Å². The van der Waals surface area contributed by atoms with E-state index in [0.717, 1.165) is 6.42 Å². The highest BCUT2D eigenvalue weighted by atomic mass is 32.2. The van der Waals surface area contributed by atoms with Gasteiger partial charge < -0.3 is 25.4 Å². The van der Waals surface area contributed by atoms with Gasteiger partial charge in [-0.3, -0.25) is 4.79 Å². The number of carbonyl (C=O) groups is 2. The van der Waals surface area contributed by atoms with E-state index in [0.29, 0.717) is 44.3 Å². The molecular weight excluding hydrogens is 630 g/mol. The quantitative estimate of drug-likeness (QED) is 0.352. The lowest BCUT2D eigenvalue weighted by Gasteiger charge is -2.40. The van der Waals surface area contributed by atoms with E-state index in [-0.39, 0.29) is 47.9 Å². The summed E-state index contributed by atoms with van der Waals surface area (Å²) in [6.45, 7) is 6.47. The lowest BCUT2D eigenvalue weighted by atomic mass is 9.74. The normalized spacial score (nSPS) is 30.0. The van der Waals surface area contributed by atoms with Gasteiger partial charge in [-0.25, -0.2) is 22.0 Å². The molecule has 8 atom stereocenters. The number of anilines is 1. The smallest absolute Gasteiger partial charge is 0.407 e. The summed E-state index contributed by atoms with van der Waals surface area (Å²) >= 11 is 0. The highest BCUT2D eigenvalue weighted by Gasteiger charge is 2.42. The third-order valence-corrected chi connectivity index (χ3v) is 12.3. The van der Waals surface area contributed by atoms with Crippen molar-refractivity contribution < 1.29 is 36.3 Å². The number of alkyl carbamates (subject to hydrolysis) is 1. The maximum absolute atomic E-state index is 15.5. The molecule has 2 bridgehead atoms. The van der Waals surface area contributed by atoms with Crippen molar-refractivity contribution >= 4 is 27.7 Å². The highest BCUT2D eigenvalue weighted by molar-refractivity contribution is 7.89. The first-order valence-corrected chi connectivity index (χ1v) is 17.9. The number of rotatable bonds is 9. The maximum atomic E-state index is 15.5. The predicted octanol–water partition coefficient (Wildman–Crippen LogP) is 4.70. The fraction of sp³-hybridized carbons (Fsp3) is 0.588. The van der Waals surface area contributed by atoms with E-state index in [2.05, 4.69) is 16.0 Å². The Kier molecular flexibility index (Phi) is 11.2. The van der Waals surface area contributed by atoms with Gasteiger partial charge in [0.05, 0.1) is 24.6 Å². The van der Waals surface area contributed by atoms with Gasteiger partial charge in [0.25, 0.3) is 0 Å². The number of nitrogens with one attached hydrogen (secondary N) is 3. The molecule has 2 amide bonds. The minimum absolute atomic E-state index is 0.0873. The fourth-order valence-corrected chi connectivity index (χ4v) is 9.41. The molecule has 13 heteroatoms. The fourth-order valence-electron chi connectivity index (χ4n) is 7.53. The van der Waals surface area contributed by atoms with Crippen LogP contribution in [0.1, 0.15) is 69.9 Å². The number of benzene rings is 2. The Morgan fingerprint density at radius 1 is 1.06 bits per heavy atom. The van der Waals surface area contributed by atoms with Gasteiger partial charge in [-0.2, -0.15) is 4.31 Å². The SMILES string of the molecule is COC(=O)NC(C(=O)Nc1cccc(F)c1CCC1CNC2CCC(C)S(=O)(=O)N1C2)C(c1ccc(F)cc1)C1CC(C)OC(C)C1. The summed E-state index contributed by atoms with van der Waals surface area (Å²) < 4.78 is 68.5. The molecule has 3 aliphatic heterocycles. The Morgan fingerprint density at radius 2 is 1.77 bits per heavy atom. The number of methoxy groups -OCH3 is 1. The zero-order chi connectivity index (χ0) is 33.9. The van der Waals surface area contributed by atoms with Gasteiger partial charge in [-0.05, 0) is 95.0 Å². The van der Waals surface area contributed by atoms with Crippen molar-refractivity contribution in [1.29, 1.82) is 0 Å². The number of amides is 2. The van der Waals surface area contributed by atoms with Crippen molar-refractivity contribution in [2.24, 2.45) is 5.92 Å². The monoisotopic (exact) mass is 676 g/mol. The zero-order valence-corrected chi connectivity index (χ0v) is 28.2. The van der Waals surface area contributed by atoms with E-state index in [4.69, 9.17) is 9.47 Å². The van der Waals surface area contributed by atoms with Crippen LogP contribution < -0.4 is 16.0 Å². The Balaban J connectivity index is 1.42. The number of piperazine rings is 1. The molecule has 0 aromatic heterocycles. The van der Waals surface area contributed by atoms with E-state index in [1.807, 2.05) is 13.8 Å². The van der Waals surface area contributed by atoms with Gasteiger partial charge in [-0.1, -0.05) is 18.2 Å². The predicted molar refractivity (Wildman–Crippen MR) is 174 cm³/mol. The zero-order valence-electron chi connectivity index (χ0n) is 27.4. The molecule has 47 heavy (non-hydrogen) atoms. The second-order valence-electron chi connectivity index (χ2n) is 13.2. The van der Waals surface area contributed by atoms with Crippen molar-refractivity contribution in [1.82, 2.24) is 14.9 Å². The van der Waals surface area contributed by atoms with Gasteiger partial charge in [0, 0.05) is 42.3 Å². The minimum Gasteiger partial charge on any atom is -0.453 e. The molecule has 0 saturated carbocycles. The molecule has 3 saturated heterocycles. The molecule has 3 N–H and O–H groups in total. The van der Waals surface area contributed by atoms with Crippen LogP contribution in [0.5, 0.6) is 0 Å². The van der Waals surface area contributed by atoms with Crippen molar-refractivity contribution in [3.63, 3.8) is 0 Å². The number of carbonyl (C=O) groups excluding carboxylic acids is 2. The van der Waals surface area contributed by atoms with Crippen molar-refractivity contribution in [3.8, 4) is 0 Å². The lowest BCUT2D eigenvalue weighted by Crippen LogP contribution is -2.57. The molecule has 258 valence electrons. The molecular formula is C34H46F2N4O6S. The molecule has 3 heterocycles.